The molecule has 0 N–H and O–H groups in total. The molecular weight excluding hydrogens is 380 g/mol. The first kappa shape index (κ1) is 21.6. The van der Waals surface area contributed by atoms with Crippen molar-refractivity contribution in [1.82, 2.24) is 0 Å². The summed E-state index contributed by atoms with van der Waals surface area (Å²) in [6.45, 7) is 5.80. The summed E-state index contributed by atoms with van der Waals surface area (Å²) in [6.07, 6.45) is 0. The van der Waals surface area contributed by atoms with Crippen LogP contribution >= 0.6 is 12.6 Å². The summed E-state index contributed by atoms with van der Waals surface area (Å²) >= 11 is 4.29. The third-order valence-corrected chi connectivity index (χ3v) is 4.83. The van der Waals surface area contributed by atoms with E-state index >= 15 is 0 Å². The minimum atomic E-state index is 0.595. The Balaban J connectivity index is 1.37. The highest BCUT2D eigenvalue weighted by Crippen LogP contribution is 2.12. The fraction of sp³-hybridized carbons (Fsp3) is 0.280. The molecule has 0 amide bonds. The standard InChI is InChI=1S/C25H28O3S/c1-2-26-15-20-3-5-21(6-4-20)16-27-17-22-7-9-23(10-8-22)18-28-19-24-11-13-25(29)14-12-24/h3-14,29H,2,15-19H2,1H3. The van der Waals surface area contributed by atoms with E-state index in [1.54, 1.807) is 0 Å². The van der Waals surface area contributed by atoms with Crippen LogP contribution in [0.15, 0.2) is 77.7 Å². The van der Waals surface area contributed by atoms with Crippen molar-refractivity contribution in [2.75, 3.05) is 6.61 Å². The maximum Gasteiger partial charge on any atom is 0.0721 e. The van der Waals surface area contributed by atoms with Crippen molar-refractivity contribution in [3.05, 3.63) is 101 Å². The number of ether oxygens (including phenoxy) is 3. The van der Waals surface area contributed by atoms with Gasteiger partial charge in [-0.2, -0.15) is 0 Å². The Hall–Kier alpha value is -2.11. The molecule has 3 aromatic rings. The lowest BCUT2D eigenvalue weighted by Crippen LogP contribution is -1.97. The Morgan fingerprint density at radius 1 is 0.483 bits per heavy atom. The first-order valence-electron chi connectivity index (χ1n) is 9.89. The molecule has 0 fully saturated rings. The maximum atomic E-state index is 5.85. The van der Waals surface area contributed by atoms with Crippen LogP contribution in [0.25, 0.3) is 0 Å². The Labute approximate surface area is 179 Å². The zero-order valence-corrected chi connectivity index (χ0v) is 17.7. The Kier molecular flexibility index (Phi) is 8.78. The van der Waals surface area contributed by atoms with Gasteiger partial charge in [-0.3, -0.25) is 0 Å². The molecule has 3 rings (SSSR count). The monoisotopic (exact) mass is 408 g/mol. The molecule has 0 radical (unpaired) electrons. The normalized spacial score (nSPS) is 11.0. The van der Waals surface area contributed by atoms with Crippen molar-refractivity contribution >= 4 is 12.6 Å². The zero-order chi connectivity index (χ0) is 20.3. The number of hydrogen-bond acceptors (Lipinski definition) is 4. The Morgan fingerprint density at radius 2 is 0.759 bits per heavy atom. The van der Waals surface area contributed by atoms with E-state index in [2.05, 4.69) is 61.2 Å². The van der Waals surface area contributed by atoms with Crippen LogP contribution in [0.5, 0.6) is 0 Å². The van der Waals surface area contributed by atoms with Crippen molar-refractivity contribution in [3.8, 4) is 0 Å². The Bertz CT molecular complexity index is 843. The molecule has 0 saturated heterocycles. The highest BCUT2D eigenvalue weighted by molar-refractivity contribution is 7.80. The molecule has 0 saturated carbocycles. The molecule has 0 atom stereocenters. The second-order valence-corrected chi connectivity index (χ2v) is 7.44. The van der Waals surface area contributed by atoms with E-state index in [1.807, 2.05) is 31.2 Å². The van der Waals surface area contributed by atoms with Crippen LogP contribution in [0, 0.1) is 0 Å². The van der Waals surface area contributed by atoms with E-state index < -0.39 is 0 Å². The number of benzene rings is 3. The van der Waals surface area contributed by atoms with Gasteiger partial charge >= 0.3 is 0 Å². The van der Waals surface area contributed by atoms with Gasteiger partial charge in [0.15, 0.2) is 0 Å². The minimum absolute atomic E-state index is 0.595. The van der Waals surface area contributed by atoms with E-state index in [4.69, 9.17) is 14.2 Å². The van der Waals surface area contributed by atoms with Crippen molar-refractivity contribution in [2.45, 2.75) is 44.9 Å². The molecule has 3 nitrogen and oxygen atoms in total. The van der Waals surface area contributed by atoms with Gasteiger partial charge in [0.2, 0.25) is 0 Å². The summed E-state index contributed by atoms with van der Waals surface area (Å²) in [6, 6.07) is 24.8. The summed E-state index contributed by atoms with van der Waals surface area (Å²) in [5.41, 5.74) is 5.82. The van der Waals surface area contributed by atoms with Gasteiger partial charge in [-0.05, 0) is 46.9 Å². The molecule has 0 aliphatic carbocycles. The molecule has 3 aromatic carbocycles. The van der Waals surface area contributed by atoms with Crippen LogP contribution in [0.4, 0.5) is 0 Å². The average molecular weight is 409 g/mol. The fourth-order valence-corrected chi connectivity index (χ4v) is 3.00. The second kappa shape index (κ2) is 11.8. The molecule has 0 aliphatic rings. The smallest absolute Gasteiger partial charge is 0.0721 e. The van der Waals surface area contributed by atoms with Crippen molar-refractivity contribution in [2.24, 2.45) is 0 Å². The van der Waals surface area contributed by atoms with Gasteiger partial charge in [-0.1, -0.05) is 60.7 Å². The molecule has 0 aliphatic heterocycles. The van der Waals surface area contributed by atoms with Crippen LogP contribution in [-0.2, 0) is 47.2 Å². The zero-order valence-electron chi connectivity index (χ0n) is 16.8. The SMILES string of the molecule is CCOCc1ccc(COCc2ccc(COCc3ccc(S)cc3)cc2)cc1. The predicted octanol–water partition coefficient (Wildman–Crippen LogP) is 5.95. The van der Waals surface area contributed by atoms with Crippen LogP contribution in [0.1, 0.15) is 34.7 Å². The van der Waals surface area contributed by atoms with Crippen LogP contribution in [-0.4, -0.2) is 6.61 Å². The molecule has 0 bridgehead atoms. The van der Waals surface area contributed by atoms with Crippen LogP contribution in [0.3, 0.4) is 0 Å². The number of thiol groups is 1. The largest absolute Gasteiger partial charge is 0.377 e. The topological polar surface area (TPSA) is 27.7 Å². The van der Waals surface area contributed by atoms with E-state index in [1.165, 1.54) is 11.1 Å². The molecular formula is C25H28O3S. The summed E-state index contributed by atoms with van der Waals surface area (Å²) in [4.78, 5) is 0.963. The highest BCUT2D eigenvalue weighted by atomic mass is 32.1. The number of hydrogen-bond donors (Lipinski definition) is 1. The number of rotatable bonds is 11. The fourth-order valence-electron chi connectivity index (χ4n) is 2.85. The van der Waals surface area contributed by atoms with E-state index in [0.29, 0.717) is 33.0 Å². The highest BCUT2D eigenvalue weighted by Gasteiger charge is 2.00. The van der Waals surface area contributed by atoms with Gasteiger partial charge in [0, 0.05) is 11.5 Å². The van der Waals surface area contributed by atoms with E-state index in [0.717, 1.165) is 28.2 Å². The van der Waals surface area contributed by atoms with Gasteiger partial charge < -0.3 is 14.2 Å². The van der Waals surface area contributed by atoms with E-state index in [9.17, 15) is 0 Å². The van der Waals surface area contributed by atoms with Gasteiger partial charge in [-0.25, -0.2) is 0 Å². The molecule has 152 valence electrons. The van der Waals surface area contributed by atoms with Gasteiger partial charge in [0.1, 0.15) is 0 Å². The first-order chi connectivity index (χ1) is 14.2. The molecule has 4 heteroatoms. The second-order valence-electron chi connectivity index (χ2n) is 6.92. The molecule has 0 spiro atoms. The van der Waals surface area contributed by atoms with Gasteiger partial charge in [-0.15, -0.1) is 12.6 Å². The summed E-state index contributed by atoms with van der Waals surface area (Å²) < 4.78 is 17.1. The lowest BCUT2D eigenvalue weighted by Gasteiger charge is -2.08. The van der Waals surface area contributed by atoms with Crippen molar-refractivity contribution in [3.63, 3.8) is 0 Å². The van der Waals surface area contributed by atoms with Crippen LogP contribution in [0.2, 0.25) is 0 Å². The van der Waals surface area contributed by atoms with Crippen LogP contribution < -0.4 is 0 Å². The molecule has 29 heavy (non-hydrogen) atoms. The lowest BCUT2D eigenvalue weighted by molar-refractivity contribution is 0.105. The summed E-state index contributed by atoms with van der Waals surface area (Å²) in [7, 11) is 0. The first-order valence-corrected chi connectivity index (χ1v) is 10.3. The summed E-state index contributed by atoms with van der Waals surface area (Å²) in [5, 5.41) is 0. The molecule has 0 heterocycles. The third kappa shape index (κ3) is 7.67. The van der Waals surface area contributed by atoms with Gasteiger partial charge in [0.05, 0.1) is 33.0 Å². The van der Waals surface area contributed by atoms with Gasteiger partial charge in [0.25, 0.3) is 0 Å². The quantitative estimate of drug-likeness (QED) is 0.398. The predicted molar refractivity (Wildman–Crippen MR) is 119 cm³/mol. The average Bonchev–Trinajstić information content (AvgIpc) is 2.76. The Morgan fingerprint density at radius 3 is 1.07 bits per heavy atom. The third-order valence-electron chi connectivity index (χ3n) is 4.53. The van der Waals surface area contributed by atoms with Crippen molar-refractivity contribution in [1.29, 1.82) is 0 Å². The van der Waals surface area contributed by atoms with E-state index in [-0.39, 0.29) is 0 Å². The molecule has 0 aromatic heterocycles. The van der Waals surface area contributed by atoms with Crippen molar-refractivity contribution < 1.29 is 14.2 Å². The minimum Gasteiger partial charge on any atom is -0.377 e. The molecule has 0 unspecified atom stereocenters. The lowest BCUT2D eigenvalue weighted by atomic mass is 10.1. The summed E-state index contributed by atoms with van der Waals surface area (Å²) in [5.74, 6) is 0. The maximum absolute atomic E-state index is 5.85.